The van der Waals surface area contributed by atoms with E-state index in [9.17, 15) is 4.79 Å². The van der Waals surface area contributed by atoms with E-state index in [0.717, 1.165) is 12.0 Å². The zero-order valence-corrected chi connectivity index (χ0v) is 7.71. The second-order valence-electron chi connectivity index (χ2n) is 3.91. The van der Waals surface area contributed by atoms with Crippen molar-refractivity contribution in [2.75, 3.05) is 0 Å². The van der Waals surface area contributed by atoms with Crippen LogP contribution in [0.5, 0.6) is 0 Å². The predicted octanol–water partition coefficient (Wildman–Crippen LogP) is 1.72. The monoisotopic (exact) mass is 165 g/mol. The van der Waals surface area contributed by atoms with Crippen molar-refractivity contribution in [1.29, 1.82) is 0 Å². The van der Waals surface area contributed by atoms with Gasteiger partial charge < -0.3 is 4.90 Å². The average molecular weight is 165 g/mol. The Hall–Kier alpha value is -0.790. The van der Waals surface area contributed by atoms with Gasteiger partial charge in [0.1, 0.15) is 0 Å². The maximum atomic E-state index is 11.6. The Balaban J connectivity index is 2.24. The standard InChI is InChI=1S/C10H15NO/c1-7-6-9-5-3-4-8(2)11(9)10(7)12/h6,8-9H,3-5H2,1-2H3. The molecule has 0 spiro atoms. The van der Waals surface area contributed by atoms with Crippen LogP contribution in [0.2, 0.25) is 0 Å². The van der Waals surface area contributed by atoms with E-state index in [1.165, 1.54) is 12.8 Å². The molecule has 0 saturated carbocycles. The van der Waals surface area contributed by atoms with Gasteiger partial charge in [-0.25, -0.2) is 0 Å². The molecule has 2 unspecified atom stereocenters. The van der Waals surface area contributed by atoms with E-state index >= 15 is 0 Å². The van der Waals surface area contributed by atoms with Crippen LogP contribution in [-0.2, 0) is 4.79 Å². The Bertz CT molecular complexity index is 244. The van der Waals surface area contributed by atoms with Gasteiger partial charge >= 0.3 is 0 Å². The molecule has 0 aliphatic carbocycles. The van der Waals surface area contributed by atoms with Crippen molar-refractivity contribution in [3.63, 3.8) is 0 Å². The van der Waals surface area contributed by atoms with Crippen molar-refractivity contribution in [3.05, 3.63) is 11.6 Å². The Kier molecular flexibility index (Phi) is 1.71. The first-order valence-electron chi connectivity index (χ1n) is 4.71. The normalized spacial score (nSPS) is 35.0. The fourth-order valence-electron chi connectivity index (χ4n) is 2.31. The fourth-order valence-corrected chi connectivity index (χ4v) is 2.31. The van der Waals surface area contributed by atoms with Gasteiger partial charge in [0.25, 0.3) is 0 Å². The molecule has 1 fully saturated rings. The van der Waals surface area contributed by atoms with Gasteiger partial charge in [-0.3, -0.25) is 4.79 Å². The minimum atomic E-state index is 0.257. The highest BCUT2D eigenvalue weighted by Gasteiger charge is 2.35. The van der Waals surface area contributed by atoms with Crippen molar-refractivity contribution in [2.24, 2.45) is 0 Å². The lowest BCUT2D eigenvalue weighted by atomic mass is 9.99. The van der Waals surface area contributed by atoms with Crippen molar-refractivity contribution < 1.29 is 4.79 Å². The summed E-state index contributed by atoms with van der Waals surface area (Å²) in [6.45, 7) is 4.07. The molecule has 2 aliphatic heterocycles. The maximum absolute atomic E-state index is 11.6. The number of hydrogen-bond acceptors (Lipinski definition) is 1. The summed E-state index contributed by atoms with van der Waals surface area (Å²) in [7, 11) is 0. The first-order valence-corrected chi connectivity index (χ1v) is 4.71. The van der Waals surface area contributed by atoms with E-state index in [2.05, 4.69) is 13.0 Å². The van der Waals surface area contributed by atoms with Gasteiger partial charge in [0.15, 0.2) is 0 Å². The number of carbonyl (C=O) groups is 1. The van der Waals surface area contributed by atoms with E-state index < -0.39 is 0 Å². The topological polar surface area (TPSA) is 20.3 Å². The van der Waals surface area contributed by atoms with Gasteiger partial charge in [0, 0.05) is 11.6 Å². The second kappa shape index (κ2) is 2.61. The number of rotatable bonds is 0. The van der Waals surface area contributed by atoms with Gasteiger partial charge in [0.2, 0.25) is 5.91 Å². The van der Waals surface area contributed by atoms with Gasteiger partial charge in [-0.1, -0.05) is 6.08 Å². The summed E-state index contributed by atoms with van der Waals surface area (Å²) in [5, 5.41) is 0. The molecule has 0 bridgehead atoms. The third kappa shape index (κ3) is 0.977. The number of nitrogens with zero attached hydrogens (tertiary/aromatic N) is 1. The molecule has 0 radical (unpaired) electrons. The average Bonchev–Trinajstić information content (AvgIpc) is 2.29. The van der Waals surface area contributed by atoms with Crippen molar-refractivity contribution in [3.8, 4) is 0 Å². The number of carbonyl (C=O) groups excluding carboxylic acids is 1. The number of fused-ring (bicyclic) bond motifs is 1. The lowest BCUT2D eigenvalue weighted by Crippen LogP contribution is -2.44. The largest absolute Gasteiger partial charge is 0.330 e. The lowest BCUT2D eigenvalue weighted by molar-refractivity contribution is -0.130. The molecule has 2 aliphatic rings. The van der Waals surface area contributed by atoms with E-state index in [0.29, 0.717) is 12.1 Å². The summed E-state index contributed by atoms with van der Waals surface area (Å²) in [5.74, 6) is 0.257. The van der Waals surface area contributed by atoms with E-state index in [-0.39, 0.29) is 5.91 Å². The first kappa shape index (κ1) is 7.84. The van der Waals surface area contributed by atoms with Crippen molar-refractivity contribution in [1.82, 2.24) is 4.90 Å². The number of piperidine rings is 1. The molecule has 12 heavy (non-hydrogen) atoms. The molecule has 0 aromatic rings. The van der Waals surface area contributed by atoms with Crippen LogP contribution >= 0.6 is 0 Å². The quantitative estimate of drug-likeness (QED) is 0.535. The maximum Gasteiger partial charge on any atom is 0.249 e. The minimum absolute atomic E-state index is 0.257. The fraction of sp³-hybridized carbons (Fsp3) is 0.700. The second-order valence-corrected chi connectivity index (χ2v) is 3.91. The van der Waals surface area contributed by atoms with E-state index in [4.69, 9.17) is 0 Å². The van der Waals surface area contributed by atoms with Gasteiger partial charge in [-0.05, 0) is 33.1 Å². The van der Waals surface area contributed by atoms with Crippen LogP contribution < -0.4 is 0 Å². The molecule has 1 saturated heterocycles. The summed E-state index contributed by atoms with van der Waals surface area (Å²) in [6, 6.07) is 0.867. The molecule has 2 nitrogen and oxygen atoms in total. The molecule has 0 N–H and O–H groups in total. The summed E-state index contributed by atoms with van der Waals surface area (Å²) < 4.78 is 0. The number of amides is 1. The van der Waals surface area contributed by atoms with Gasteiger partial charge in [0.05, 0.1) is 6.04 Å². The SMILES string of the molecule is CC1=CC2CCCC(C)N2C1=O. The minimum Gasteiger partial charge on any atom is -0.330 e. The Labute approximate surface area is 73.2 Å². The Morgan fingerprint density at radius 1 is 1.50 bits per heavy atom. The summed E-state index contributed by atoms with van der Waals surface area (Å²) in [5.41, 5.74) is 0.939. The van der Waals surface area contributed by atoms with Crippen LogP contribution in [0.25, 0.3) is 0 Å². The molecule has 1 amide bonds. The molecule has 2 atom stereocenters. The van der Waals surface area contributed by atoms with Crippen molar-refractivity contribution in [2.45, 2.75) is 45.2 Å². The van der Waals surface area contributed by atoms with Gasteiger partial charge in [-0.15, -0.1) is 0 Å². The highest BCUT2D eigenvalue weighted by molar-refractivity contribution is 5.96. The smallest absolute Gasteiger partial charge is 0.249 e. The molecule has 0 aromatic heterocycles. The zero-order chi connectivity index (χ0) is 8.72. The van der Waals surface area contributed by atoms with Gasteiger partial charge in [-0.2, -0.15) is 0 Å². The van der Waals surface area contributed by atoms with Crippen molar-refractivity contribution >= 4 is 5.91 Å². The third-order valence-corrected chi connectivity index (χ3v) is 2.97. The van der Waals surface area contributed by atoms with Crippen LogP contribution in [0.1, 0.15) is 33.1 Å². The van der Waals surface area contributed by atoms with E-state index in [1.807, 2.05) is 11.8 Å². The third-order valence-electron chi connectivity index (χ3n) is 2.97. The summed E-state index contributed by atoms with van der Waals surface area (Å²) >= 11 is 0. The van der Waals surface area contributed by atoms with Crippen LogP contribution in [0.4, 0.5) is 0 Å². The molecular formula is C10H15NO. The van der Waals surface area contributed by atoms with Crippen LogP contribution in [-0.4, -0.2) is 22.9 Å². The molecule has 0 aromatic carbocycles. The highest BCUT2D eigenvalue weighted by Crippen LogP contribution is 2.30. The first-order chi connectivity index (χ1) is 5.70. The van der Waals surface area contributed by atoms with Crippen LogP contribution in [0.15, 0.2) is 11.6 Å². The van der Waals surface area contributed by atoms with Crippen LogP contribution in [0.3, 0.4) is 0 Å². The summed E-state index contributed by atoms with van der Waals surface area (Å²) in [6.07, 6.45) is 5.72. The molecular weight excluding hydrogens is 150 g/mol. The molecule has 2 rings (SSSR count). The van der Waals surface area contributed by atoms with E-state index in [1.54, 1.807) is 0 Å². The Morgan fingerprint density at radius 3 is 2.92 bits per heavy atom. The van der Waals surface area contributed by atoms with Crippen LogP contribution in [0, 0.1) is 0 Å². The predicted molar refractivity (Wildman–Crippen MR) is 47.7 cm³/mol. The molecule has 66 valence electrons. The molecule has 2 heteroatoms. The zero-order valence-electron chi connectivity index (χ0n) is 7.71. The highest BCUT2D eigenvalue weighted by atomic mass is 16.2. The summed E-state index contributed by atoms with van der Waals surface area (Å²) in [4.78, 5) is 13.6. The lowest BCUT2D eigenvalue weighted by Gasteiger charge is -2.35. The number of hydrogen-bond donors (Lipinski definition) is 0. The molecule has 2 heterocycles. The Morgan fingerprint density at radius 2 is 2.25 bits per heavy atom.